The highest BCUT2D eigenvalue weighted by Gasteiger charge is 2.38. The zero-order valence-electron chi connectivity index (χ0n) is 16.3. The Labute approximate surface area is 164 Å². The third-order valence-electron chi connectivity index (χ3n) is 4.43. The minimum atomic E-state index is -0.313. The van der Waals surface area contributed by atoms with Crippen LogP contribution in [0.2, 0.25) is 0 Å². The Bertz CT molecular complexity index is 886. The third-order valence-corrected chi connectivity index (χ3v) is 4.43. The second-order valence-corrected chi connectivity index (χ2v) is 6.32. The van der Waals surface area contributed by atoms with Crippen molar-refractivity contribution >= 4 is 23.1 Å². The number of rotatable bonds is 8. The molecule has 0 aromatic heterocycles. The minimum Gasteiger partial charge on any atom is -0.497 e. The molecule has 0 saturated heterocycles. The van der Waals surface area contributed by atoms with Crippen molar-refractivity contribution in [1.29, 1.82) is 0 Å². The molecule has 28 heavy (non-hydrogen) atoms. The van der Waals surface area contributed by atoms with E-state index in [0.717, 1.165) is 5.75 Å². The van der Waals surface area contributed by atoms with Gasteiger partial charge in [0.05, 0.1) is 19.3 Å². The zero-order chi connectivity index (χ0) is 20.1. The molecule has 1 N–H and O–H groups in total. The number of carbonyl (C=O) groups is 2. The van der Waals surface area contributed by atoms with Gasteiger partial charge in [-0.15, -0.1) is 0 Å². The molecule has 0 fully saturated rings. The molecule has 1 aliphatic rings. The SMILES string of the molecule is CCCN1C(=O)C(Nc2ccc(OCC)cc2)=C(c2ccc(OC)cc2)C1=O. The van der Waals surface area contributed by atoms with E-state index in [1.807, 2.05) is 38.1 Å². The lowest BCUT2D eigenvalue weighted by molar-refractivity contribution is -0.136. The summed E-state index contributed by atoms with van der Waals surface area (Å²) in [6.07, 6.45) is 0.698. The Kier molecular flexibility index (Phi) is 5.99. The summed E-state index contributed by atoms with van der Waals surface area (Å²) in [5.41, 5.74) is 2.04. The van der Waals surface area contributed by atoms with E-state index in [2.05, 4.69) is 5.32 Å². The van der Waals surface area contributed by atoms with Crippen LogP contribution in [-0.4, -0.2) is 37.0 Å². The van der Waals surface area contributed by atoms with Crippen LogP contribution >= 0.6 is 0 Å². The Hall–Kier alpha value is -3.28. The van der Waals surface area contributed by atoms with Crippen molar-refractivity contribution in [2.24, 2.45) is 0 Å². The molecule has 2 amide bonds. The van der Waals surface area contributed by atoms with Crippen LogP contribution in [0.15, 0.2) is 54.2 Å². The number of carbonyl (C=O) groups excluding carboxylic acids is 2. The Balaban J connectivity index is 1.98. The molecule has 3 rings (SSSR count). The number of nitrogens with zero attached hydrogens (tertiary/aromatic N) is 1. The monoisotopic (exact) mass is 380 g/mol. The second-order valence-electron chi connectivity index (χ2n) is 6.32. The summed E-state index contributed by atoms with van der Waals surface area (Å²) in [5, 5.41) is 3.14. The van der Waals surface area contributed by atoms with E-state index in [4.69, 9.17) is 9.47 Å². The van der Waals surface area contributed by atoms with Gasteiger partial charge in [-0.25, -0.2) is 0 Å². The number of benzene rings is 2. The van der Waals surface area contributed by atoms with E-state index in [9.17, 15) is 9.59 Å². The molecular formula is C22H24N2O4. The van der Waals surface area contributed by atoms with E-state index in [0.29, 0.717) is 42.1 Å². The molecule has 0 saturated carbocycles. The maximum atomic E-state index is 13.0. The highest BCUT2D eigenvalue weighted by atomic mass is 16.5. The van der Waals surface area contributed by atoms with E-state index >= 15 is 0 Å². The summed E-state index contributed by atoms with van der Waals surface area (Å²) < 4.78 is 10.6. The molecule has 0 atom stereocenters. The topological polar surface area (TPSA) is 67.9 Å². The molecule has 0 spiro atoms. The Morgan fingerprint density at radius 1 is 0.893 bits per heavy atom. The van der Waals surface area contributed by atoms with Gasteiger partial charge in [-0.1, -0.05) is 19.1 Å². The second kappa shape index (κ2) is 8.61. The van der Waals surface area contributed by atoms with Gasteiger partial charge in [0.25, 0.3) is 11.8 Å². The smallest absolute Gasteiger partial charge is 0.278 e. The maximum Gasteiger partial charge on any atom is 0.278 e. The van der Waals surface area contributed by atoms with Gasteiger partial charge in [-0.2, -0.15) is 0 Å². The maximum absolute atomic E-state index is 13.0. The molecule has 1 aliphatic heterocycles. The van der Waals surface area contributed by atoms with E-state index in [1.54, 1.807) is 31.4 Å². The first kappa shape index (κ1) is 19.5. The van der Waals surface area contributed by atoms with Crippen molar-refractivity contribution < 1.29 is 19.1 Å². The minimum absolute atomic E-state index is 0.285. The van der Waals surface area contributed by atoms with Gasteiger partial charge in [0.15, 0.2) is 0 Å². The third kappa shape index (κ3) is 3.86. The first-order valence-electron chi connectivity index (χ1n) is 9.33. The van der Waals surface area contributed by atoms with Gasteiger partial charge in [0.2, 0.25) is 0 Å². The molecule has 1 heterocycles. The van der Waals surface area contributed by atoms with Crippen LogP contribution in [0.4, 0.5) is 5.69 Å². The number of nitrogens with one attached hydrogen (secondary N) is 1. The van der Waals surface area contributed by atoms with Gasteiger partial charge in [0, 0.05) is 12.2 Å². The van der Waals surface area contributed by atoms with Gasteiger partial charge >= 0.3 is 0 Å². The number of amides is 2. The highest BCUT2D eigenvalue weighted by Crippen LogP contribution is 2.31. The largest absolute Gasteiger partial charge is 0.497 e. The van der Waals surface area contributed by atoms with Crippen molar-refractivity contribution in [2.45, 2.75) is 20.3 Å². The molecular weight excluding hydrogens is 356 g/mol. The van der Waals surface area contributed by atoms with E-state index < -0.39 is 0 Å². The average molecular weight is 380 g/mol. The van der Waals surface area contributed by atoms with Crippen LogP contribution in [0.3, 0.4) is 0 Å². The summed E-state index contributed by atoms with van der Waals surface area (Å²) in [4.78, 5) is 27.2. The number of hydrogen-bond acceptors (Lipinski definition) is 5. The van der Waals surface area contributed by atoms with Gasteiger partial charge in [0.1, 0.15) is 17.2 Å². The molecule has 146 valence electrons. The first-order chi connectivity index (χ1) is 13.6. The fourth-order valence-corrected chi connectivity index (χ4v) is 3.09. The Morgan fingerprint density at radius 2 is 1.54 bits per heavy atom. The summed E-state index contributed by atoms with van der Waals surface area (Å²) in [5.74, 6) is 0.836. The quantitative estimate of drug-likeness (QED) is 0.708. The van der Waals surface area contributed by atoms with Gasteiger partial charge in [-0.3, -0.25) is 14.5 Å². The lowest BCUT2D eigenvalue weighted by Crippen LogP contribution is -2.33. The fraction of sp³-hybridized carbons (Fsp3) is 0.273. The van der Waals surface area contributed by atoms with E-state index in [-0.39, 0.29) is 17.5 Å². The standard InChI is InChI=1S/C22H24N2O4/c1-4-14-24-21(25)19(15-6-10-17(27-3)11-7-15)20(22(24)26)23-16-8-12-18(13-9-16)28-5-2/h6-13,23H,4-5,14H2,1-3H3. The van der Waals surface area contributed by atoms with Crippen LogP contribution in [0.1, 0.15) is 25.8 Å². The average Bonchev–Trinajstić information content (AvgIpc) is 2.94. The predicted molar refractivity (Wildman–Crippen MR) is 108 cm³/mol. The van der Waals surface area contributed by atoms with Crippen molar-refractivity contribution in [2.75, 3.05) is 25.6 Å². The number of hydrogen-bond donors (Lipinski definition) is 1. The highest BCUT2D eigenvalue weighted by molar-refractivity contribution is 6.36. The summed E-state index contributed by atoms with van der Waals surface area (Å²) in [7, 11) is 1.58. The molecule has 2 aromatic carbocycles. The van der Waals surface area contributed by atoms with Gasteiger partial charge < -0.3 is 14.8 Å². The van der Waals surface area contributed by atoms with Crippen molar-refractivity contribution in [3.8, 4) is 11.5 Å². The van der Waals surface area contributed by atoms with Crippen LogP contribution in [-0.2, 0) is 9.59 Å². The first-order valence-corrected chi connectivity index (χ1v) is 9.33. The molecule has 0 bridgehead atoms. The molecule has 0 unspecified atom stereocenters. The van der Waals surface area contributed by atoms with Crippen molar-refractivity contribution in [1.82, 2.24) is 4.90 Å². The predicted octanol–water partition coefficient (Wildman–Crippen LogP) is 3.70. The van der Waals surface area contributed by atoms with Crippen LogP contribution < -0.4 is 14.8 Å². The summed E-state index contributed by atoms with van der Waals surface area (Å²) >= 11 is 0. The fourth-order valence-electron chi connectivity index (χ4n) is 3.09. The normalized spacial score (nSPS) is 13.9. The Morgan fingerprint density at radius 3 is 2.11 bits per heavy atom. The van der Waals surface area contributed by atoms with Crippen LogP contribution in [0.25, 0.3) is 5.57 Å². The molecule has 0 radical (unpaired) electrons. The molecule has 2 aromatic rings. The lowest BCUT2D eigenvalue weighted by Gasteiger charge is -2.14. The number of methoxy groups -OCH3 is 1. The van der Waals surface area contributed by atoms with Crippen LogP contribution in [0.5, 0.6) is 11.5 Å². The summed E-state index contributed by atoms with van der Waals surface area (Å²) in [6, 6.07) is 14.4. The zero-order valence-corrected chi connectivity index (χ0v) is 16.3. The van der Waals surface area contributed by atoms with Gasteiger partial charge in [-0.05, 0) is 55.3 Å². The molecule has 6 heteroatoms. The lowest BCUT2D eigenvalue weighted by atomic mass is 10.0. The van der Waals surface area contributed by atoms with E-state index in [1.165, 1.54) is 4.90 Å². The van der Waals surface area contributed by atoms with Crippen molar-refractivity contribution in [3.63, 3.8) is 0 Å². The summed E-state index contributed by atoms with van der Waals surface area (Å²) in [6.45, 7) is 4.82. The molecule has 6 nitrogen and oxygen atoms in total. The number of imide groups is 1. The molecule has 0 aliphatic carbocycles. The number of anilines is 1. The number of ether oxygens (including phenoxy) is 2. The van der Waals surface area contributed by atoms with Crippen molar-refractivity contribution in [3.05, 3.63) is 59.8 Å². The van der Waals surface area contributed by atoms with Crippen LogP contribution in [0, 0.1) is 0 Å².